The third-order valence-corrected chi connectivity index (χ3v) is 4.76. The van der Waals surface area contributed by atoms with Gasteiger partial charge < -0.3 is 15.3 Å². The smallest absolute Gasteiger partial charge is 0.326 e. The quantitative estimate of drug-likeness (QED) is 0.836. The molecule has 2 unspecified atom stereocenters. The average molecular weight is 282 g/mol. The fourth-order valence-corrected chi connectivity index (χ4v) is 3.46. The zero-order valence-electron chi connectivity index (χ0n) is 12.3. The Bertz CT molecular complexity index is 353. The van der Waals surface area contributed by atoms with Gasteiger partial charge in [0, 0.05) is 12.6 Å². The highest BCUT2D eigenvalue weighted by Crippen LogP contribution is 2.26. The lowest BCUT2D eigenvalue weighted by Gasteiger charge is -2.35. The first-order chi connectivity index (χ1) is 9.59. The summed E-state index contributed by atoms with van der Waals surface area (Å²) in [6, 6.07) is -0.711. The van der Waals surface area contributed by atoms with Gasteiger partial charge >= 0.3 is 12.0 Å². The summed E-state index contributed by atoms with van der Waals surface area (Å²) >= 11 is 0. The molecule has 1 saturated heterocycles. The molecule has 0 aromatic heterocycles. The number of rotatable bonds is 3. The van der Waals surface area contributed by atoms with Crippen LogP contribution >= 0.6 is 0 Å². The Labute approximate surface area is 120 Å². The van der Waals surface area contributed by atoms with Crippen LogP contribution in [0, 0.1) is 5.92 Å². The molecular weight excluding hydrogens is 256 g/mol. The average Bonchev–Trinajstić information content (AvgIpc) is 2.48. The molecule has 1 saturated carbocycles. The van der Waals surface area contributed by atoms with E-state index >= 15 is 0 Å². The third kappa shape index (κ3) is 3.64. The molecule has 2 fully saturated rings. The van der Waals surface area contributed by atoms with Crippen LogP contribution in [0.15, 0.2) is 0 Å². The number of amides is 2. The second kappa shape index (κ2) is 6.95. The molecule has 2 amide bonds. The lowest BCUT2D eigenvalue weighted by molar-refractivity contribution is -0.143. The van der Waals surface area contributed by atoms with Gasteiger partial charge in [0.15, 0.2) is 0 Å². The number of likely N-dealkylation sites (tertiary alicyclic amines) is 1. The van der Waals surface area contributed by atoms with Crippen LogP contribution in [0.25, 0.3) is 0 Å². The number of piperidine rings is 1. The maximum atomic E-state index is 12.3. The van der Waals surface area contributed by atoms with Gasteiger partial charge in [-0.1, -0.05) is 19.3 Å². The van der Waals surface area contributed by atoms with Gasteiger partial charge in [-0.15, -0.1) is 0 Å². The number of nitrogens with zero attached hydrogens (tertiary/aromatic N) is 1. The van der Waals surface area contributed by atoms with Gasteiger partial charge in [-0.2, -0.15) is 0 Å². The van der Waals surface area contributed by atoms with Gasteiger partial charge in [0.2, 0.25) is 0 Å². The highest BCUT2D eigenvalue weighted by atomic mass is 16.4. The minimum atomic E-state index is -0.884. The van der Waals surface area contributed by atoms with Gasteiger partial charge in [-0.05, 0) is 44.9 Å². The largest absolute Gasteiger partial charge is 0.480 e. The van der Waals surface area contributed by atoms with E-state index in [0.717, 1.165) is 12.8 Å². The van der Waals surface area contributed by atoms with E-state index in [1.807, 2.05) is 6.92 Å². The summed E-state index contributed by atoms with van der Waals surface area (Å²) in [5.41, 5.74) is 0. The van der Waals surface area contributed by atoms with Crippen molar-refractivity contribution in [2.75, 3.05) is 6.54 Å². The molecule has 1 aliphatic carbocycles. The number of carbonyl (C=O) groups is 2. The number of carbonyl (C=O) groups excluding carboxylic acids is 1. The molecule has 2 aliphatic rings. The van der Waals surface area contributed by atoms with Crippen molar-refractivity contribution in [1.82, 2.24) is 10.2 Å². The molecular formula is C15H26N2O3. The van der Waals surface area contributed by atoms with Gasteiger partial charge in [0.1, 0.15) is 6.04 Å². The van der Waals surface area contributed by atoms with E-state index in [2.05, 4.69) is 5.32 Å². The summed E-state index contributed by atoms with van der Waals surface area (Å²) in [7, 11) is 0. The van der Waals surface area contributed by atoms with Crippen LogP contribution in [0.1, 0.15) is 58.3 Å². The van der Waals surface area contributed by atoms with Gasteiger partial charge in [0.25, 0.3) is 0 Å². The number of hydrogen-bond acceptors (Lipinski definition) is 2. The molecule has 0 spiro atoms. The highest BCUT2D eigenvalue weighted by molar-refractivity contribution is 5.83. The van der Waals surface area contributed by atoms with Crippen LogP contribution in [-0.2, 0) is 4.79 Å². The van der Waals surface area contributed by atoms with Crippen molar-refractivity contribution in [3.63, 3.8) is 0 Å². The standard InChI is InChI=1S/C15H26N2O3/c1-11(12-7-3-2-4-8-12)16-15(20)17-10-6-5-9-13(17)14(18)19/h11-13H,2-10H2,1H3,(H,16,20)(H,18,19). The first-order valence-electron chi connectivity index (χ1n) is 7.89. The van der Waals surface area contributed by atoms with Crippen molar-refractivity contribution in [3.05, 3.63) is 0 Å². The lowest BCUT2D eigenvalue weighted by atomic mass is 9.84. The van der Waals surface area contributed by atoms with Crippen LogP contribution in [0.3, 0.4) is 0 Å². The summed E-state index contributed by atoms with van der Waals surface area (Å²) in [6.07, 6.45) is 8.48. The summed E-state index contributed by atoms with van der Waals surface area (Å²) in [6.45, 7) is 2.60. The summed E-state index contributed by atoms with van der Waals surface area (Å²) in [4.78, 5) is 25.1. The molecule has 5 heteroatoms. The SMILES string of the molecule is CC(NC(=O)N1CCCCC1C(=O)O)C1CCCCC1. The predicted octanol–water partition coefficient (Wildman–Crippen LogP) is 2.60. The summed E-state index contributed by atoms with van der Waals surface area (Å²) in [5, 5.41) is 12.2. The minimum Gasteiger partial charge on any atom is -0.480 e. The zero-order valence-corrected chi connectivity index (χ0v) is 12.3. The summed E-state index contributed by atoms with van der Waals surface area (Å²) < 4.78 is 0. The number of urea groups is 1. The minimum absolute atomic E-state index is 0.138. The topological polar surface area (TPSA) is 69.6 Å². The Balaban J connectivity index is 1.90. The van der Waals surface area contributed by atoms with E-state index in [-0.39, 0.29) is 12.1 Å². The Kier molecular flexibility index (Phi) is 5.26. The number of nitrogens with one attached hydrogen (secondary N) is 1. The van der Waals surface area contributed by atoms with Crippen molar-refractivity contribution in [2.24, 2.45) is 5.92 Å². The van der Waals surface area contributed by atoms with Crippen molar-refractivity contribution < 1.29 is 14.7 Å². The Morgan fingerprint density at radius 2 is 1.75 bits per heavy atom. The van der Waals surface area contributed by atoms with E-state index in [0.29, 0.717) is 18.9 Å². The number of aliphatic carboxylic acids is 1. The Morgan fingerprint density at radius 3 is 2.40 bits per heavy atom. The van der Waals surface area contributed by atoms with Gasteiger partial charge in [-0.25, -0.2) is 9.59 Å². The molecule has 2 atom stereocenters. The molecule has 5 nitrogen and oxygen atoms in total. The Hall–Kier alpha value is -1.26. The molecule has 0 aromatic rings. The molecule has 20 heavy (non-hydrogen) atoms. The van der Waals surface area contributed by atoms with Crippen LogP contribution in [-0.4, -0.2) is 40.6 Å². The van der Waals surface area contributed by atoms with Crippen molar-refractivity contribution >= 4 is 12.0 Å². The first-order valence-corrected chi connectivity index (χ1v) is 7.89. The number of carboxylic acids is 1. The van der Waals surface area contributed by atoms with E-state index in [4.69, 9.17) is 0 Å². The Morgan fingerprint density at radius 1 is 1.10 bits per heavy atom. The van der Waals surface area contributed by atoms with Crippen molar-refractivity contribution in [1.29, 1.82) is 0 Å². The molecule has 0 radical (unpaired) electrons. The molecule has 1 heterocycles. The normalized spacial score (nSPS) is 26.1. The fraction of sp³-hybridized carbons (Fsp3) is 0.867. The molecule has 2 rings (SSSR count). The maximum Gasteiger partial charge on any atom is 0.326 e. The van der Waals surface area contributed by atoms with Crippen LogP contribution < -0.4 is 5.32 Å². The molecule has 0 bridgehead atoms. The van der Waals surface area contributed by atoms with Gasteiger partial charge in [0.05, 0.1) is 0 Å². The molecule has 1 aliphatic heterocycles. The predicted molar refractivity (Wildman–Crippen MR) is 76.5 cm³/mol. The van der Waals surface area contributed by atoms with E-state index < -0.39 is 12.0 Å². The van der Waals surface area contributed by atoms with E-state index in [1.165, 1.54) is 37.0 Å². The van der Waals surface area contributed by atoms with Gasteiger partial charge in [-0.3, -0.25) is 0 Å². The van der Waals surface area contributed by atoms with Crippen molar-refractivity contribution in [3.8, 4) is 0 Å². The second-order valence-corrected chi connectivity index (χ2v) is 6.18. The second-order valence-electron chi connectivity index (χ2n) is 6.18. The molecule has 114 valence electrons. The van der Waals surface area contributed by atoms with Crippen LogP contribution in [0.5, 0.6) is 0 Å². The summed E-state index contributed by atoms with van der Waals surface area (Å²) in [5.74, 6) is -0.342. The van der Waals surface area contributed by atoms with Crippen molar-refractivity contribution in [2.45, 2.75) is 70.4 Å². The number of carboxylic acid groups (broad SMARTS) is 1. The lowest BCUT2D eigenvalue weighted by Crippen LogP contribution is -2.54. The first kappa shape index (κ1) is 15.1. The third-order valence-electron chi connectivity index (χ3n) is 4.76. The zero-order chi connectivity index (χ0) is 14.5. The number of hydrogen-bond donors (Lipinski definition) is 2. The van der Waals surface area contributed by atoms with E-state index in [1.54, 1.807) is 0 Å². The molecule has 0 aromatic carbocycles. The van der Waals surface area contributed by atoms with Crippen LogP contribution in [0.2, 0.25) is 0 Å². The fourth-order valence-electron chi connectivity index (χ4n) is 3.46. The molecule has 2 N–H and O–H groups in total. The maximum absolute atomic E-state index is 12.3. The highest BCUT2D eigenvalue weighted by Gasteiger charge is 2.33. The monoisotopic (exact) mass is 282 g/mol. The van der Waals surface area contributed by atoms with Crippen LogP contribution in [0.4, 0.5) is 4.79 Å². The van der Waals surface area contributed by atoms with E-state index in [9.17, 15) is 14.7 Å².